The molecule has 0 fully saturated rings. The zero-order valence-corrected chi connectivity index (χ0v) is 14.1. The lowest BCUT2D eigenvalue weighted by Crippen LogP contribution is -2.26. The van der Waals surface area contributed by atoms with Gasteiger partial charge in [0.25, 0.3) is 0 Å². The Balaban J connectivity index is 2.19. The second-order valence-electron chi connectivity index (χ2n) is 3.98. The molecule has 0 aliphatic rings. The molecule has 0 atom stereocenters. The van der Waals surface area contributed by atoms with Crippen molar-refractivity contribution in [3.8, 4) is 0 Å². The van der Waals surface area contributed by atoms with Gasteiger partial charge in [-0.2, -0.15) is 4.31 Å². The topological polar surface area (TPSA) is 75.2 Å². The van der Waals surface area contributed by atoms with E-state index in [2.05, 4.69) is 31.2 Å². The molecular weight excluding hydrogens is 364 g/mol. The van der Waals surface area contributed by atoms with Gasteiger partial charge in [-0.25, -0.2) is 18.4 Å². The van der Waals surface area contributed by atoms with Crippen LogP contribution < -0.4 is 5.32 Å². The molecule has 2 heterocycles. The smallest absolute Gasteiger partial charge is 0.246 e. The lowest BCUT2D eigenvalue weighted by molar-refractivity contribution is 0.469. The molecule has 2 aromatic heterocycles. The van der Waals surface area contributed by atoms with E-state index < -0.39 is 10.0 Å². The first-order valence-electron chi connectivity index (χ1n) is 5.62. The average molecular weight is 377 g/mol. The Bertz CT molecular complexity index is 685. The van der Waals surface area contributed by atoms with Crippen molar-refractivity contribution in [2.75, 3.05) is 19.4 Å². The molecule has 20 heavy (non-hydrogen) atoms. The molecule has 0 unspecified atom stereocenters. The van der Waals surface area contributed by atoms with Gasteiger partial charge in [-0.05, 0) is 22.0 Å². The summed E-state index contributed by atoms with van der Waals surface area (Å²) in [5.74, 6) is 0.383. The molecule has 0 bridgehead atoms. The SMILES string of the molecule is CNc1ncc(S(=O)(=O)N(C)Cc2cc(Br)cs2)cn1. The number of aromatic nitrogens is 2. The fraction of sp³-hybridized carbons (Fsp3) is 0.273. The first kappa shape index (κ1) is 15.4. The molecule has 9 heteroatoms. The van der Waals surface area contributed by atoms with E-state index in [1.54, 1.807) is 7.05 Å². The Kier molecular flexibility index (Phi) is 4.74. The molecule has 0 aliphatic heterocycles. The predicted octanol–water partition coefficient (Wildman–Crippen LogP) is 2.16. The molecule has 0 aliphatic carbocycles. The second-order valence-corrected chi connectivity index (χ2v) is 7.94. The van der Waals surface area contributed by atoms with Gasteiger partial charge in [0.05, 0.1) is 12.4 Å². The Morgan fingerprint density at radius 2 is 2.05 bits per heavy atom. The molecule has 0 radical (unpaired) electrons. The van der Waals surface area contributed by atoms with E-state index in [0.29, 0.717) is 12.5 Å². The molecule has 0 saturated carbocycles. The minimum atomic E-state index is -3.58. The fourth-order valence-corrected chi connectivity index (χ4v) is 4.13. The van der Waals surface area contributed by atoms with Crippen LogP contribution in [0.2, 0.25) is 0 Å². The molecule has 0 aromatic carbocycles. The van der Waals surface area contributed by atoms with Crippen molar-refractivity contribution >= 4 is 43.2 Å². The average Bonchev–Trinajstić information content (AvgIpc) is 2.84. The van der Waals surface area contributed by atoms with Crippen molar-refractivity contribution in [3.63, 3.8) is 0 Å². The number of anilines is 1. The predicted molar refractivity (Wildman–Crippen MR) is 82.3 cm³/mol. The van der Waals surface area contributed by atoms with Crippen LogP contribution in [0.15, 0.2) is 33.2 Å². The lowest BCUT2D eigenvalue weighted by Gasteiger charge is -2.15. The summed E-state index contributed by atoms with van der Waals surface area (Å²) in [6.07, 6.45) is 2.60. The number of hydrogen-bond donors (Lipinski definition) is 1. The standard InChI is InChI=1S/C11H13BrN4O2S2/c1-13-11-14-4-10(5-15-11)20(17,18)16(2)6-9-3-8(12)7-19-9/h3-5,7H,6H2,1-2H3,(H,13,14,15). The largest absolute Gasteiger partial charge is 0.357 e. The highest BCUT2D eigenvalue weighted by Crippen LogP contribution is 2.23. The van der Waals surface area contributed by atoms with Gasteiger partial charge in [0.1, 0.15) is 4.90 Å². The van der Waals surface area contributed by atoms with Crippen molar-refractivity contribution in [2.45, 2.75) is 11.4 Å². The molecule has 2 aromatic rings. The summed E-state index contributed by atoms with van der Waals surface area (Å²) in [5, 5.41) is 4.66. The van der Waals surface area contributed by atoms with Gasteiger partial charge >= 0.3 is 0 Å². The zero-order chi connectivity index (χ0) is 14.8. The number of thiophene rings is 1. The van der Waals surface area contributed by atoms with Crippen LogP contribution in [0, 0.1) is 0 Å². The van der Waals surface area contributed by atoms with Crippen LogP contribution in [0.3, 0.4) is 0 Å². The van der Waals surface area contributed by atoms with Crippen molar-refractivity contribution in [2.24, 2.45) is 0 Å². The van der Waals surface area contributed by atoms with E-state index in [1.807, 2.05) is 11.4 Å². The summed E-state index contributed by atoms with van der Waals surface area (Å²) in [4.78, 5) is 8.88. The first-order valence-corrected chi connectivity index (χ1v) is 8.74. The summed E-state index contributed by atoms with van der Waals surface area (Å²) in [5.41, 5.74) is 0. The highest BCUT2D eigenvalue weighted by molar-refractivity contribution is 9.10. The monoisotopic (exact) mass is 376 g/mol. The third-order valence-corrected chi connectivity index (χ3v) is 6.00. The normalized spacial score (nSPS) is 11.8. The number of nitrogens with zero attached hydrogens (tertiary/aromatic N) is 3. The molecule has 108 valence electrons. The first-order chi connectivity index (χ1) is 9.43. The van der Waals surface area contributed by atoms with Crippen molar-refractivity contribution in [1.29, 1.82) is 0 Å². The van der Waals surface area contributed by atoms with E-state index in [0.717, 1.165) is 9.35 Å². The van der Waals surface area contributed by atoms with Crippen molar-refractivity contribution in [1.82, 2.24) is 14.3 Å². The van der Waals surface area contributed by atoms with Gasteiger partial charge in [0, 0.05) is 35.4 Å². The number of nitrogens with one attached hydrogen (secondary N) is 1. The number of sulfonamides is 1. The molecule has 1 N–H and O–H groups in total. The molecule has 6 nitrogen and oxygen atoms in total. The maximum absolute atomic E-state index is 12.4. The third-order valence-electron chi connectivity index (χ3n) is 2.56. The summed E-state index contributed by atoms with van der Waals surface area (Å²) < 4.78 is 27.0. The van der Waals surface area contributed by atoms with Crippen LogP contribution >= 0.6 is 27.3 Å². The van der Waals surface area contributed by atoms with Crippen molar-refractivity contribution < 1.29 is 8.42 Å². The van der Waals surface area contributed by atoms with Gasteiger partial charge in [0.15, 0.2) is 0 Å². The van der Waals surface area contributed by atoms with Gasteiger partial charge in [-0.1, -0.05) is 0 Å². The zero-order valence-electron chi connectivity index (χ0n) is 10.9. The summed E-state index contributed by atoms with van der Waals surface area (Å²) in [6.45, 7) is 0.312. The maximum Gasteiger partial charge on any atom is 0.246 e. The molecule has 2 rings (SSSR count). The minimum Gasteiger partial charge on any atom is -0.357 e. The number of halogens is 1. The molecular formula is C11H13BrN4O2S2. The Labute approximate surface area is 130 Å². The number of rotatable bonds is 5. The molecule has 0 amide bonds. The van der Waals surface area contributed by atoms with Gasteiger partial charge < -0.3 is 5.32 Å². The van der Waals surface area contributed by atoms with Gasteiger partial charge in [-0.3, -0.25) is 0 Å². The lowest BCUT2D eigenvalue weighted by atomic mass is 10.5. The van der Waals surface area contributed by atoms with E-state index in [4.69, 9.17) is 0 Å². The second kappa shape index (κ2) is 6.17. The maximum atomic E-state index is 12.4. The van der Waals surface area contributed by atoms with Crippen molar-refractivity contribution in [3.05, 3.63) is 33.2 Å². The van der Waals surface area contributed by atoms with Crippen LogP contribution in [0.25, 0.3) is 0 Å². The summed E-state index contributed by atoms with van der Waals surface area (Å²) in [6, 6.07) is 1.90. The molecule has 0 spiro atoms. The highest BCUT2D eigenvalue weighted by atomic mass is 79.9. The van der Waals surface area contributed by atoms with Crippen LogP contribution in [0.5, 0.6) is 0 Å². The van der Waals surface area contributed by atoms with Crippen LogP contribution in [0.4, 0.5) is 5.95 Å². The summed E-state index contributed by atoms with van der Waals surface area (Å²) >= 11 is 4.85. The number of hydrogen-bond acceptors (Lipinski definition) is 6. The quantitative estimate of drug-likeness (QED) is 0.865. The van der Waals surface area contributed by atoms with Crippen LogP contribution in [-0.4, -0.2) is 36.8 Å². The summed E-state index contributed by atoms with van der Waals surface area (Å²) in [7, 11) is -0.373. The van der Waals surface area contributed by atoms with E-state index in [9.17, 15) is 8.42 Å². The minimum absolute atomic E-state index is 0.0784. The van der Waals surface area contributed by atoms with E-state index >= 15 is 0 Å². The highest BCUT2D eigenvalue weighted by Gasteiger charge is 2.22. The Morgan fingerprint density at radius 3 is 2.55 bits per heavy atom. The van der Waals surface area contributed by atoms with Gasteiger partial charge in [0.2, 0.25) is 16.0 Å². The van der Waals surface area contributed by atoms with Crippen LogP contribution in [-0.2, 0) is 16.6 Å². The van der Waals surface area contributed by atoms with E-state index in [-0.39, 0.29) is 4.90 Å². The molecule has 0 saturated heterocycles. The third kappa shape index (κ3) is 3.35. The fourth-order valence-electron chi connectivity index (χ4n) is 1.50. The van der Waals surface area contributed by atoms with Crippen LogP contribution in [0.1, 0.15) is 4.88 Å². The Hall–Kier alpha value is -1.03. The van der Waals surface area contributed by atoms with E-state index in [1.165, 1.54) is 35.1 Å². The van der Waals surface area contributed by atoms with Gasteiger partial charge in [-0.15, -0.1) is 11.3 Å². The Morgan fingerprint density at radius 1 is 1.40 bits per heavy atom.